The molecule has 156 valence electrons. The Hall–Kier alpha value is -3.05. The van der Waals surface area contributed by atoms with Gasteiger partial charge in [0.25, 0.3) is 10.0 Å². The first kappa shape index (κ1) is 20.2. The number of hydrogen-bond donors (Lipinski definition) is 2. The van der Waals surface area contributed by atoms with Crippen LogP contribution in [0.1, 0.15) is 16.1 Å². The number of rotatable bonds is 1. The lowest BCUT2D eigenvalue weighted by Gasteiger charge is -2.15. The fraction of sp³-hybridized carbons (Fsp3) is 0.158. The molecular weight excluding hydrogens is 478 g/mol. The number of cyclic esters (lactones) is 1. The van der Waals surface area contributed by atoms with E-state index < -0.39 is 26.6 Å². The van der Waals surface area contributed by atoms with Gasteiger partial charge < -0.3 is 14.6 Å². The van der Waals surface area contributed by atoms with Gasteiger partial charge >= 0.3 is 5.97 Å². The second-order valence-electron chi connectivity index (χ2n) is 6.56. The monoisotopic (exact) mass is 493 g/mol. The number of sulfonamides is 1. The van der Waals surface area contributed by atoms with Crippen molar-refractivity contribution in [3.05, 3.63) is 52.3 Å². The maximum Gasteiger partial charge on any atom is 0.338 e. The molecule has 4 rings (SSSR count). The third-order valence-electron chi connectivity index (χ3n) is 4.55. The lowest BCUT2D eigenvalue weighted by atomic mass is 10.1. The number of aryl methyl sites for hydroxylation is 1. The summed E-state index contributed by atoms with van der Waals surface area (Å²) in [5.41, 5.74) is 1.93. The van der Waals surface area contributed by atoms with Crippen LogP contribution < -0.4 is 9.46 Å². The van der Waals surface area contributed by atoms with Crippen molar-refractivity contribution in [1.82, 2.24) is 9.78 Å². The van der Waals surface area contributed by atoms with E-state index in [0.29, 0.717) is 16.8 Å². The van der Waals surface area contributed by atoms with Crippen molar-refractivity contribution < 1.29 is 27.8 Å². The molecule has 0 fully saturated rings. The van der Waals surface area contributed by atoms with Gasteiger partial charge in [-0.25, -0.2) is 13.2 Å². The highest BCUT2D eigenvalue weighted by atomic mass is 79.9. The number of esters is 1. The van der Waals surface area contributed by atoms with Crippen LogP contribution in [0.15, 0.2) is 45.9 Å². The Morgan fingerprint density at radius 3 is 2.77 bits per heavy atom. The van der Waals surface area contributed by atoms with Crippen molar-refractivity contribution in [2.75, 3.05) is 11.8 Å². The number of aromatic nitrogens is 2. The normalized spacial score (nSPS) is 15.0. The molecule has 1 aliphatic heterocycles. The van der Waals surface area contributed by atoms with Crippen LogP contribution in [0.3, 0.4) is 0 Å². The Kier molecular flexibility index (Phi) is 4.94. The molecule has 3 aromatic rings. The Morgan fingerprint density at radius 1 is 1.27 bits per heavy atom. The predicted molar refractivity (Wildman–Crippen MR) is 111 cm³/mol. The number of carbonyl (C=O) groups is 1. The summed E-state index contributed by atoms with van der Waals surface area (Å²) in [5.74, 6) is -1.01. The van der Waals surface area contributed by atoms with E-state index in [1.54, 1.807) is 36.1 Å². The van der Waals surface area contributed by atoms with E-state index in [1.165, 1.54) is 13.2 Å². The van der Waals surface area contributed by atoms with Gasteiger partial charge in [-0.1, -0.05) is 6.07 Å². The van der Waals surface area contributed by atoms with Crippen LogP contribution in [0.25, 0.3) is 11.1 Å². The first-order chi connectivity index (χ1) is 14.2. The van der Waals surface area contributed by atoms with Gasteiger partial charge in [-0.2, -0.15) is 5.10 Å². The van der Waals surface area contributed by atoms with Gasteiger partial charge in [0.05, 0.1) is 22.8 Å². The van der Waals surface area contributed by atoms with Crippen LogP contribution in [0.5, 0.6) is 11.5 Å². The average molecular weight is 494 g/mol. The number of carbonyl (C=O) groups excluding carboxylic acids is 1. The zero-order valence-corrected chi connectivity index (χ0v) is 18.2. The molecule has 0 amide bonds. The topological polar surface area (TPSA) is 120 Å². The van der Waals surface area contributed by atoms with Crippen molar-refractivity contribution in [3.8, 4) is 22.6 Å². The molecule has 2 aromatic carbocycles. The van der Waals surface area contributed by atoms with E-state index in [4.69, 9.17) is 9.47 Å². The van der Waals surface area contributed by atoms with Crippen molar-refractivity contribution in [2.24, 2.45) is 7.05 Å². The standard InChI is InChI=1S/C19H16BrN3O6S/c1-23-8-12-10-3-4-16(28-2)14(6-10)22-30(26,27)17-7-11(5-13(20)18(17)24)19(25)29-9-15(12)21-23/h3-8,22,24H,9H2,1-2H3. The Morgan fingerprint density at radius 2 is 2.03 bits per heavy atom. The maximum absolute atomic E-state index is 13.1. The van der Waals surface area contributed by atoms with E-state index in [2.05, 4.69) is 25.8 Å². The number of methoxy groups -OCH3 is 1. The molecule has 9 nitrogen and oxygen atoms in total. The average Bonchev–Trinajstić information content (AvgIpc) is 3.07. The summed E-state index contributed by atoms with van der Waals surface area (Å²) in [5, 5.41) is 14.7. The van der Waals surface area contributed by atoms with Crippen molar-refractivity contribution >= 4 is 37.6 Å². The zero-order valence-electron chi connectivity index (χ0n) is 15.8. The minimum atomic E-state index is -4.28. The largest absolute Gasteiger partial charge is 0.505 e. The van der Waals surface area contributed by atoms with Gasteiger partial charge in [0.15, 0.2) is 0 Å². The second-order valence-corrected chi connectivity index (χ2v) is 9.07. The van der Waals surface area contributed by atoms with Crippen LogP contribution >= 0.6 is 15.9 Å². The van der Waals surface area contributed by atoms with Crippen LogP contribution in [0.2, 0.25) is 0 Å². The lowest BCUT2D eigenvalue weighted by molar-refractivity contribution is 0.0467. The van der Waals surface area contributed by atoms with Gasteiger partial charge in [-0.05, 0) is 45.8 Å². The third-order valence-corrected chi connectivity index (χ3v) is 6.54. The fourth-order valence-corrected chi connectivity index (χ4v) is 4.95. The molecule has 1 aromatic heterocycles. The minimum absolute atomic E-state index is 0.0337. The number of nitrogens with zero attached hydrogens (tertiary/aromatic N) is 2. The molecule has 2 heterocycles. The summed E-state index contributed by atoms with van der Waals surface area (Å²) < 4.78 is 40.8. The highest BCUT2D eigenvalue weighted by Gasteiger charge is 2.26. The summed E-state index contributed by atoms with van der Waals surface area (Å²) in [6.07, 6.45) is 1.74. The number of ether oxygens (including phenoxy) is 2. The van der Waals surface area contributed by atoms with E-state index in [-0.39, 0.29) is 28.1 Å². The molecule has 11 heteroatoms. The van der Waals surface area contributed by atoms with Gasteiger partial charge in [0.2, 0.25) is 0 Å². The van der Waals surface area contributed by atoms with Crippen LogP contribution in [0.4, 0.5) is 5.69 Å². The summed E-state index contributed by atoms with van der Waals surface area (Å²) in [6.45, 7) is -0.121. The summed E-state index contributed by atoms with van der Waals surface area (Å²) in [7, 11) is -1.13. The number of anilines is 1. The molecule has 0 saturated heterocycles. The lowest BCUT2D eigenvalue weighted by Crippen LogP contribution is -2.15. The SMILES string of the molecule is COc1ccc2cc1NS(=O)(=O)c1cc(cc(Br)c1O)C(=O)OCc1nn(C)cc1-2. The smallest absolute Gasteiger partial charge is 0.338 e. The number of benzene rings is 2. The summed E-state index contributed by atoms with van der Waals surface area (Å²) >= 11 is 3.09. The number of halogens is 1. The summed E-state index contributed by atoms with van der Waals surface area (Å²) in [6, 6.07) is 7.29. The van der Waals surface area contributed by atoms with Gasteiger partial charge in [0, 0.05) is 18.8 Å². The minimum Gasteiger partial charge on any atom is -0.505 e. The quantitative estimate of drug-likeness (QED) is 0.499. The molecule has 0 spiro atoms. The van der Waals surface area contributed by atoms with E-state index >= 15 is 0 Å². The van der Waals surface area contributed by atoms with Crippen LogP contribution in [-0.4, -0.2) is 36.4 Å². The van der Waals surface area contributed by atoms with Gasteiger partial charge in [-0.3, -0.25) is 9.40 Å². The fourth-order valence-electron chi connectivity index (χ4n) is 3.15. The second kappa shape index (κ2) is 7.33. The van der Waals surface area contributed by atoms with Gasteiger partial charge in [0.1, 0.15) is 28.7 Å². The molecule has 4 bridgehead atoms. The zero-order chi connectivity index (χ0) is 21.6. The van der Waals surface area contributed by atoms with Crippen LogP contribution in [-0.2, 0) is 28.4 Å². The van der Waals surface area contributed by atoms with Gasteiger partial charge in [-0.15, -0.1) is 0 Å². The van der Waals surface area contributed by atoms with Crippen molar-refractivity contribution in [2.45, 2.75) is 11.5 Å². The molecule has 30 heavy (non-hydrogen) atoms. The Balaban J connectivity index is 1.99. The Bertz CT molecular complexity index is 1290. The highest BCUT2D eigenvalue weighted by molar-refractivity contribution is 9.10. The predicted octanol–water partition coefficient (Wildman–Crippen LogP) is 3.04. The Labute approximate surface area is 180 Å². The van der Waals surface area contributed by atoms with Crippen LogP contribution in [0, 0.1) is 0 Å². The maximum atomic E-state index is 13.1. The van der Waals surface area contributed by atoms with E-state index in [1.807, 2.05) is 0 Å². The first-order valence-corrected chi connectivity index (χ1v) is 10.9. The highest BCUT2D eigenvalue weighted by Crippen LogP contribution is 2.37. The molecule has 0 radical (unpaired) electrons. The molecule has 0 unspecified atom stereocenters. The third kappa shape index (κ3) is 3.50. The molecule has 2 N–H and O–H groups in total. The molecule has 0 aliphatic carbocycles. The molecule has 1 aliphatic rings. The number of nitrogens with one attached hydrogen (secondary N) is 1. The van der Waals surface area contributed by atoms with Crippen molar-refractivity contribution in [3.63, 3.8) is 0 Å². The summed E-state index contributed by atoms with van der Waals surface area (Å²) in [4.78, 5) is 12.1. The first-order valence-electron chi connectivity index (χ1n) is 8.63. The van der Waals surface area contributed by atoms with Crippen molar-refractivity contribution in [1.29, 1.82) is 0 Å². The number of phenolic OH excluding ortho intramolecular Hbond substituents is 1. The van der Waals surface area contributed by atoms with E-state index in [9.17, 15) is 18.3 Å². The number of fused-ring (bicyclic) bond motifs is 6. The number of hydrogen-bond acceptors (Lipinski definition) is 7. The number of aromatic hydroxyl groups is 1. The molecule has 0 saturated carbocycles. The molecular formula is C19H16BrN3O6S. The van der Waals surface area contributed by atoms with E-state index in [0.717, 1.165) is 6.07 Å². The molecule has 0 atom stereocenters. The number of phenols is 1.